The number of furan rings is 2. The average Bonchev–Trinajstić information content (AvgIpc) is 3.63. The Hall–Kier alpha value is -3.63. The van der Waals surface area contributed by atoms with Crippen molar-refractivity contribution < 1.29 is 18.3 Å². The summed E-state index contributed by atoms with van der Waals surface area (Å²) in [7, 11) is 0. The molecule has 0 amide bonds. The van der Waals surface area contributed by atoms with E-state index in [2.05, 4.69) is 15.0 Å². The summed E-state index contributed by atoms with van der Waals surface area (Å²) in [5.41, 5.74) is 0.610. The standard InChI is InChI=1S/C23H20FN5O3S/c24-15-5-1-2-6-16(15)27-9-11-28(12-10-27)19(17-7-3-13-31-17)20-22(30)29-23(33-20)25-21(26-29)18-8-4-14-32-18/h1-8,13-14,19,30H,9-12H2/t19-/m1/s1. The number of rotatable bonds is 5. The number of nitrogens with zero attached hydrogens (tertiary/aromatic N) is 5. The third kappa shape index (κ3) is 3.47. The van der Waals surface area contributed by atoms with Gasteiger partial charge >= 0.3 is 0 Å². The lowest BCUT2D eigenvalue weighted by Gasteiger charge is -2.39. The molecular formula is C23H20FN5O3S. The molecule has 1 aliphatic heterocycles. The van der Waals surface area contributed by atoms with Gasteiger partial charge in [0.05, 0.1) is 23.1 Å². The van der Waals surface area contributed by atoms with Crippen LogP contribution in [0.25, 0.3) is 16.5 Å². The van der Waals surface area contributed by atoms with Crippen molar-refractivity contribution in [3.63, 3.8) is 0 Å². The number of halogens is 1. The Kier molecular flexibility index (Phi) is 4.88. The molecule has 6 rings (SSSR count). The Balaban J connectivity index is 1.31. The Labute approximate surface area is 192 Å². The van der Waals surface area contributed by atoms with Gasteiger partial charge in [0.1, 0.15) is 17.6 Å². The van der Waals surface area contributed by atoms with Crippen molar-refractivity contribution in [1.82, 2.24) is 19.5 Å². The van der Waals surface area contributed by atoms with Crippen LogP contribution in [0.5, 0.6) is 5.88 Å². The van der Waals surface area contributed by atoms with E-state index in [-0.39, 0.29) is 17.7 Å². The number of para-hydroxylation sites is 1. The van der Waals surface area contributed by atoms with Crippen molar-refractivity contribution in [3.8, 4) is 17.5 Å². The predicted molar refractivity (Wildman–Crippen MR) is 121 cm³/mol. The number of aromatic hydroxyl groups is 1. The second-order valence-electron chi connectivity index (χ2n) is 7.79. The van der Waals surface area contributed by atoms with E-state index in [1.54, 1.807) is 36.8 Å². The van der Waals surface area contributed by atoms with Gasteiger partial charge in [0, 0.05) is 26.2 Å². The topological polar surface area (TPSA) is 83.2 Å². The fourth-order valence-corrected chi connectivity index (χ4v) is 5.39. The van der Waals surface area contributed by atoms with Crippen LogP contribution >= 0.6 is 11.3 Å². The van der Waals surface area contributed by atoms with E-state index < -0.39 is 0 Å². The summed E-state index contributed by atoms with van der Waals surface area (Å²) in [6.07, 6.45) is 3.19. The summed E-state index contributed by atoms with van der Waals surface area (Å²) in [4.78, 5) is 10.1. The van der Waals surface area contributed by atoms with Crippen LogP contribution in [0.3, 0.4) is 0 Å². The minimum Gasteiger partial charge on any atom is -0.492 e. The Morgan fingerprint density at radius 2 is 1.76 bits per heavy atom. The van der Waals surface area contributed by atoms with Crippen LogP contribution in [0.1, 0.15) is 16.7 Å². The molecule has 8 nitrogen and oxygen atoms in total. The van der Waals surface area contributed by atoms with Crippen LogP contribution in [0.4, 0.5) is 10.1 Å². The number of anilines is 1. The van der Waals surface area contributed by atoms with E-state index in [4.69, 9.17) is 8.83 Å². The highest BCUT2D eigenvalue weighted by Gasteiger charge is 2.34. The van der Waals surface area contributed by atoms with E-state index in [0.717, 1.165) is 5.76 Å². The molecule has 1 aromatic carbocycles. The number of aromatic nitrogens is 3. The molecule has 1 saturated heterocycles. The molecule has 4 aromatic heterocycles. The fraction of sp³-hybridized carbons (Fsp3) is 0.217. The maximum Gasteiger partial charge on any atom is 0.230 e. The summed E-state index contributed by atoms with van der Waals surface area (Å²) < 4.78 is 26.8. The molecule has 5 aromatic rings. The van der Waals surface area contributed by atoms with Crippen LogP contribution < -0.4 is 4.90 Å². The molecule has 1 atom stereocenters. The number of fused-ring (bicyclic) bond motifs is 1. The highest BCUT2D eigenvalue weighted by Crippen LogP contribution is 2.41. The number of benzene rings is 1. The van der Waals surface area contributed by atoms with E-state index in [1.807, 2.05) is 23.1 Å². The van der Waals surface area contributed by atoms with Crippen LogP contribution in [-0.4, -0.2) is 50.8 Å². The zero-order valence-corrected chi connectivity index (χ0v) is 18.3. The van der Waals surface area contributed by atoms with Gasteiger partial charge in [0.25, 0.3) is 0 Å². The third-order valence-electron chi connectivity index (χ3n) is 5.87. The van der Waals surface area contributed by atoms with Gasteiger partial charge in [-0.1, -0.05) is 23.5 Å². The summed E-state index contributed by atoms with van der Waals surface area (Å²) in [6, 6.07) is 13.8. The van der Waals surface area contributed by atoms with E-state index in [9.17, 15) is 9.50 Å². The van der Waals surface area contributed by atoms with Crippen LogP contribution in [0.2, 0.25) is 0 Å². The lowest BCUT2D eigenvalue weighted by Crippen LogP contribution is -2.48. The fourth-order valence-electron chi connectivity index (χ4n) is 4.29. The van der Waals surface area contributed by atoms with Gasteiger partial charge in [-0.05, 0) is 36.4 Å². The normalized spacial score (nSPS) is 16.0. The molecule has 0 saturated carbocycles. The molecule has 1 aliphatic rings. The lowest BCUT2D eigenvalue weighted by molar-refractivity contribution is 0.190. The Morgan fingerprint density at radius 1 is 0.970 bits per heavy atom. The van der Waals surface area contributed by atoms with E-state index in [0.29, 0.717) is 53.3 Å². The lowest BCUT2D eigenvalue weighted by atomic mass is 10.1. The van der Waals surface area contributed by atoms with Crippen molar-refractivity contribution >= 4 is 22.0 Å². The molecule has 1 N–H and O–H groups in total. The van der Waals surface area contributed by atoms with Gasteiger partial charge in [-0.3, -0.25) is 4.90 Å². The first-order valence-corrected chi connectivity index (χ1v) is 11.4. The maximum absolute atomic E-state index is 14.3. The predicted octanol–water partition coefficient (Wildman–Crippen LogP) is 4.40. The monoisotopic (exact) mass is 465 g/mol. The van der Waals surface area contributed by atoms with Crippen molar-refractivity contribution in [2.45, 2.75) is 6.04 Å². The van der Waals surface area contributed by atoms with Crippen molar-refractivity contribution in [2.75, 3.05) is 31.1 Å². The minimum absolute atomic E-state index is 0.0261. The van der Waals surface area contributed by atoms with E-state index >= 15 is 0 Å². The largest absolute Gasteiger partial charge is 0.492 e. The Bertz CT molecular complexity index is 1370. The molecule has 5 heterocycles. The summed E-state index contributed by atoms with van der Waals surface area (Å²) in [5.74, 6) is 1.49. The molecule has 0 spiro atoms. The quantitative estimate of drug-likeness (QED) is 0.412. The van der Waals surface area contributed by atoms with Crippen LogP contribution in [-0.2, 0) is 0 Å². The molecular weight excluding hydrogens is 445 g/mol. The molecule has 33 heavy (non-hydrogen) atoms. The molecule has 0 radical (unpaired) electrons. The summed E-state index contributed by atoms with van der Waals surface area (Å²) in [6.45, 7) is 2.65. The first-order chi connectivity index (χ1) is 16.2. The minimum atomic E-state index is -0.302. The average molecular weight is 466 g/mol. The molecule has 1 fully saturated rings. The smallest absolute Gasteiger partial charge is 0.230 e. The zero-order chi connectivity index (χ0) is 22.4. The van der Waals surface area contributed by atoms with Crippen LogP contribution in [0, 0.1) is 5.82 Å². The highest BCUT2D eigenvalue weighted by molar-refractivity contribution is 7.17. The molecule has 168 valence electrons. The van der Waals surface area contributed by atoms with Crippen molar-refractivity contribution in [2.24, 2.45) is 0 Å². The van der Waals surface area contributed by atoms with Gasteiger partial charge in [-0.2, -0.15) is 9.50 Å². The molecule has 0 aliphatic carbocycles. The van der Waals surface area contributed by atoms with Gasteiger partial charge < -0.3 is 18.8 Å². The van der Waals surface area contributed by atoms with Gasteiger partial charge in [0.2, 0.25) is 16.7 Å². The zero-order valence-electron chi connectivity index (χ0n) is 17.5. The van der Waals surface area contributed by atoms with Crippen LogP contribution in [0.15, 0.2) is 69.9 Å². The van der Waals surface area contributed by atoms with Gasteiger partial charge in [-0.25, -0.2) is 4.39 Å². The second-order valence-corrected chi connectivity index (χ2v) is 8.80. The summed E-state index contributed by atoms with van der Waals surface area (Å²) in [5, 5.41) is 15.5. The van der Waals surface area contributed by atoms with Gasteiger partial charge in [0.15, 0.2) is 5.76 Å². The SMILES string of the molecule is Oc1c([C@@H](c2ccco2)N2CCN(c3ccccc3F)CC2)sc2nc(-c3ccco3)nn12. The Morgan fingerprint density at radius 3 is 2.45 bits per heavy atom. The molecule has 10 heteroatoms. The first-order valence-electron chi connectivity index (χ1n) is 10.6. The second kappa shape index (κ2) is 8.05. The number of thiazole rings is 1. The van der Waals surface area contributed by atoms with Gasteiger partial charge in [-0.15, -0.1) is 5.10 Å². The first kappa shape index (κ1) is 20.0. The third-order valence-corrected chi connectivity index (χ3v) is 6.95. The molecule has 0 unspecified atom stereocenters. The maximum atomic E-state index is 14.3. The number of piperazine rings is 1. The molecule has 0 bridgehead atoms. The number of hydrogen-bond donors (Lipinski definition) is 1. The highest BCUT2D eigenvalue weighted by atomic mass is 32.1. The summed E-state index contributed by atoms with van der Waals surface area (Å²) >= 11 is 1.36. The number of hydrogen-bond acceptors (Lipinski definition) is 8. The van der Waals surface area contributed by atoms with E-state index in [1.165, 1.54) is 21.9 Å². The van der Waals surface area contributed by atoms with Crippen molar-refractivity contribution in [1.29, 1.82) is 0 Å². The van der Waals surface area contributed by atoms with Crippen molar-refractivity contribution in [3.05, 3.63) is 77.5 Å².